The van der Waals surface area contributed by atoms with Crippen LogP contribution < -0.4 is 16.8 Å². The first-order valence-electron chi connectivity index (χ1n) is 6.43. The Balaban J connectivity index is 1.86. The minimum atomic E-state index is -0.469. The molecule has 0 saturated heterocycles. The zero-order chi connectivity index (χ0) is 13.9. The Morgan fingerprint density at radius 3 is 2.63 bits per heavy atom. The number of carbonyl (C=O) groups is 2. The number of primary amides is 1. The maximum Gasteiger partial charge on any atom is 0.248 e. The average molecular weight is 261 g/mol. The van der Waals surface area contributed by atoms with Crippen LogP contribution in [0.5, 0.6) is 0 Å². The van der Waals surface area contributed by atoms with Gasteiger partial charge in [-0.3, -0.25) is 9.59 Å². The lowest BCUT2D eigenvalue weighted by molar-refractivity contribution is -0.123. The highest BCUT2D eigenvalue weighted by molar-refractivity contribution is 5.92. The van der Waals surface area contributed by atoms with Crippen LogP contribution in [0.3, 0.4) is 0 Å². The number of rotatable bonds is 5. The van der Waals surface area contributed by atoms with Crippen molar-refractivity contribution >= 4 is 11.8 Å². The molecule has 1 fully saturated rings. The van der Waals surface area contributed by atoms with E-state index in [1.165, 1.54) is 0 Å². The number of hydrogen-bond acceptors (Lipinski definition) is 3. The van der Waals surface area contributed by atoms with Crippen molar-refractivity contribution in [1.29, 1.82) is 0 Å². The number of hydrogen-bond donors (Lipinski definition) is 3. The topological polar surface area (TPSA) is 98.2 Å². The highest BCUT2D eigenvalue weighted by Crippen LogP contribution is 2.31. The van der Waals surface area contributed by atoms with Gasteiger partial charge in [-0.1, -0.05) is 12.1 Å². The molecule has 2 rings (SSSR count). The lowest BCUT2D eigenvalue weighted by Crippen LogP contribution is -2.49. The summed E-state index contributed by atoms with van der Waals surface area (Å²) >= 11 is 0. The first kappa shape index (κ1) is 13.5. The Morgan fingerprint density at radius 1 is 1.32 bits per heavy atom. The van der Waals surface area contributed by atoms with Gasteiger partial charge in [0.05, 0.1) is 0 Å². The van der Waals surface area contributed by atoms with E-state index in [1.54, 1.807) is 18.2 Å². The predicted octanol–water partition coefficient (Wildman–Crippen LogP) is 0.673. The van der Waals surface area contributed by atoms with E-state index in [4.69, 9.17) is 11.5 Å². The molecule has 1 aliphatic carbocycles. The van der Waals surface area contributed by atoms with E-state index in [0.29, 0.717) is 18.5 Å². The third kappa shape index (κ3) is 3.54. The second-order valence-electron chi connectivity index (χ2n) is 5.23. The summed E-state index contributed by atoms with van der Waals surface area (Å²) in [7, 11) is 0. The standard InChI is InChI=1S/C14H19N3O2/c15-13(19)11-4-1-3-10(7-11)9-17-12(18)8-14(16)5-2-6-14/h1,3-4,7H,2,5-6,8-9,16H2,(H2,15,19)(H,17,18). The van der Waals surface area contributed by atoms with Gasteiger partial charge in [-0.25, -0.2) is 0 Å². The molecule has 102 valence electrons. The Labute approximate surface area is 112 Å². The summed E-state index contributed by atoms with van der Waals surface area (Å²) in [5.41, 5.74) is 12.2. The summed E-state index contributed by atoms with van der Waals surface area (Å²) in [5, 5.41) is 2.82. The Kier molecular flexibility index (Phi) is 3.85. The fourth-order valence-corrected chi connectivity index (χ4v) is 2.23. The molecule has 0 unspecified atom stereocenters. The number of benzene rings is 1. The summed E-state index contributed by atoms with van der Waals surface area (Å²) in [5.74, 6) is -0.518. The smallest absolute Gasteiger partial charge is 0.248 e. The lowest BCUT2D eigenvalue weighted by atomic mass is 9.75. The third-order valence-corrected chi connectivity index (χ3v) is 3.56. The van der Waals surface area contributed by atoms with E-state index in [0.717, 1.165) is 24.8 Å². The van der Waals surface area contributed by atoms with Crippen LogP contribution in [0.25, 0.3) is 0 Å². The fraction of sp³-hybridized carbons (Fsp3) is 0.429. The number of carbonyl (C=O) groups excluding carboxylic acids is 2. The van der Waals surface area contributed by atoms with Crippen molar-refractivity contribution in [1.82, 2.24) is 5.32 Å². The van der Waals surface area contributed by atoms with Gasteiger partial charge in [-0.05, 0) is 37.0 Å². The van der Waals surface area contributed by atoms with Crippen molar-refractivity contribution in [2.24, 2.45) is 11.5 Å². The van der Waals surface area contributed by atoms with Crippen LogP contribution in [-0.2, 0) is 11.3 Å². The van der Waals surface area contributed by atoms with E-state index in [1.807, 2.05) is 6.07 Å². The number of amides is 2. The lowest BCUT2D eigenvalue weighted by Gasteiger charge is -2.37. The van der Waals surface area contributed by atoms with Crippen LogP contribution in [-0.4, -0.2) is 17.4 Å². The second-order valence-corrected chi connectivity index (χ2v) is 5.23. The largest absolute Gasteiger partial charge is 0.366 e. The van der Waals surface area contributed by atoms with Crippen LogP contribution in [0.2, 0.25) is 0 Å². The fourth-order valence-electron chi connectivity index (χ4n) is 2.23. The van der Waals surface area contributed by atoms with Crippen molar-refractivity contribution in [3.63, 3.8) is 0 Å². The molecule has 5 N–H and O–H groups in total. The minimum absolute atomic E-state index is 0.0494. The first-order chi connectivity index (χ1) is 8.98. The van der Waals surface area contributed by atoms with Crippen LogP contribution in [0, 0.1) is 0 Å². The summed E-state index contributed by atoms with van der Waals surface area (Å²) in [6.45, 7) is 0.385. The first-order valence-corrected chi connectivity index (χ1v) is 6.43. The maximum atomic E-state index is 11.8. The van der Waals surface area contributed by atoms with Crippen LogP contribution in [0.4, 0.5) is 0 Å². The second kappa shape index (κ2) is 5.40. The van der Waals surface area contributed by atoms with E-state index in [9.17, 15) is 9.59 Å². The zero-order valence-corrected chi connectivity index (χ0v) is 10.8. The molecular weight excluding hydrogens is 242 g/mol. The van der Waals surface area contributed by atoms with Gasteiger partial charge in [-0.2, -0.15) is 0 Å². The zero-order valence-electron chi connectivity index (χ0n) is 10.8. The quantitative estimate of drug-likeness (QED) is 0.726. The van der Waals surface area contributed by atoms with Crippen molar-refractivity contribution in [3.05, 3.63) is 35.4 Å². The molecule has 0 radical (unpaired) electrons. The van der Waals surface area contributed by atoms with Gasteiger partial charge in [-0.15, -0.1) is 0 Å². The number of nitrogens with two attached hydrogens (primary N) is 2. The van der Waals surface area contributed by atoms with Gasteiger partial charge < -0.3 is 16.8 Å². The van der Waals surface area contributed by atoms with Crippen molar-refractivity contribution in [3.8, 4) is 0 Å². The molecule has 1 saturated carbocycles. The SMILES string of the molecule is NC(=O)c1cccc(CNC(=O)CC2(N)CCC2)c1. The molecule has 1 aromatic rings. The van der Waals surface area contributed by atoms with E-state index < -0.39 is 5.91 Å². The Bertz CT molecular complexity index is 495. The molecular formula is C14H19N3O2. The van der Waals surface area contributed by atoms with Crippen molar-refractivity contribution < 1.29 is 9.59 Å². The van der Waals surface area contributed by atoms with Crippen molar-refractivity contribution in [2.75, 3.05) is 0 Å². The molecule has 0 aromatic heterocycles. The normalized spacial score (nSPS) is 16.5. The number of nitrogens with one attached hydrogen (secondary N) is 1. The monoisotopic (exact) mass is 261 g/mol. The summed E-state index contributed by atoms with van der Waals surface area (Å²) in [6, 6.07) is 6.92. The molecule has 5 nitrogen and oxygen atoms in total. The molecule has 0 aliphatic heterocycles. The van der Waals surface area contributed by atoms with Gasteiger partial charge in [0.2, 0.25) is 11.8 Å². The van der Waals surface area contributed by atoms with E-state index in [2.05, 4.69) is 5.32 Å². The molecule has 0 spiro atoms. The molecule has 2 amide bonds. The molecule has 19 heavy (non-hydrogen) atoms. The molecule has 1 aromatic carbocycles. The highest BCUT2D eigenvalue weighted by atomic mass is 16.2. The molecule has 0 atom stereocenters. The molecule has 0 heterocycles. The summed E-state index contributed by atoms with van der Waals surface area (Å²) in [4.78, 5) is 22.8. The van der Waals surface area contributed by atoms with Crippen LogP contribution in [0.1, 0.15) is 41.6 Å². The van der Waals surface area contributed by atoms with E-state index in [-0.39, 0.29) is 11.4 Å². The van der Waals surface area contributed by atoms with Crippen LogP contribution in [0.15, 0.2) is 24.3 Å². The minimum Gasteiger partial charge on any atom is -0.366 e. The van der Waals surface area contributed by atoms with Gasteiger partial charge in [0.1, 0.15) is 0 Å². The van der Waals surface area contributed by atoms with Gasteiger partial charge >= 0.3 is 0 Å². The van der Waals surface area contributed by atoms with Crippen molar-refractivity contribution in [2.45, 2.75) is 37.8 Å². The predicted molar refractivity (Wildman–Crippen MR) is 72.2 cm³/mol. The van der Waals surface area contributed by atoms with Crippen LogP contribution >= 0.6 is 0 Å². The van der Waals surface area contributed by atoms with E-state index >= 15 is 0 Å². The summed E-state index contributed by atoms with van der Waals surface area (Å²) in [6.07, 6.45) is 3.29. The highest BCUT2D eigenvalue weighted by Gasteiger charge is 2.34. The molecule has 0 bridgehead atoms. The Morgan fingerprint density at radius 2 is 2.05 bits per heavy atom. The summed E-state index contributed by atoms with van der Waals surface area (Å²) < 4.78 is 0. The molecule has 5 heteroatoms. The van der Waals surface area contributed by atoms with Gasteiger partial charge in [0.25, 0.3) is 0 Å². The maximum absolute atomic E-state index is 11.8. The average Bonchev–Trinajstić information content (AvgIpc) is 2.35. The van der Waals surface area contributed by atoms with Gasteiger partial charge in [0, 0.05) is 24.1 Å². The van der Waals surface area contributed by atoms with Gasteiger partial charge in [0.15, 0.2) is 0 Å². The third-order valence-electron chi connectivity index (χ3n) is 3.56. The Hall–Kier alpha value is -1.88. The molecule has 1 aliphatic rings.